The van der Waals surface area contributed by atoms with Gasteiger partial charge in [0.25, 0.3) is 6.02 Å². The van der Waals surface area contributed by atoms with Crippen LogP contribution in [0.2, 0.25) is 0 Å². The number of aliphatic imine (C=N–C) groups is 1. The van der Waals surface area contributed by atoms with E-state index in [0.29, 0.717) is 12.6 Å². The summed E-state index contributed by atoms with van der Waals surface area (Å²) in [7, 11) is 0. The van der Waals surface area contributed by atoms with Crippen LogP contribution in [-0.4, -0.2) is 19.2 Å². The lowest BCUT2D eigenvalue weighted by atomic mass is 9.81. The molecule has 18 heavy (non-hydrogen) atoms. The van der Waals surface area contributed by atoms with Crippen LogP contribution >= 0.6 is 0 Å². The molecule has 0 amide bonds. The highest BCUT2D eigenvalue weighted by Crippen LogP contribution is 2.35. The van der Waals surface area contributed by atoms with Crippen LogP contribution in [0, 0.1) is 0 Å². The molecule has 0 saturated carbocycles. The van der Waals surface area contributed by atoms with Gasteiger partial charge < -0.3 is 10.1 Å². The SMILES string of the molecule is CCC1CCCc2ccc(NC3=NCCO3)cc21. The maximum atomic E-state index is 5.39. The Morgan fingerprint density at radius 2 is 2.39 bits per heavy atom. The Morgan fingerprint density at radius 1 is 1.44 bits per heavy atom. The molecule has 1 atom stereocenters. The predicted molar refractivity (Wildman–Crippen MR) is 74.3 cm³/mol. The highest BCUT2D eigenvalue weighted by Gasteiger charge is 2.19. The van der Waals surface area contributed by atoms with Gasteiger partial charge in [0.05, 0.1) is 6.54 Å². The molecule has 0 bridgehead atoms. The van der Waals surface area contributed by atoms with E-state index in [4.69, 9.17) is 4.74 Å². The molecule has 1 aromatic carbocycles. The van der Waals surface area contributed by atoms with Crippen LogP contribution in [0.1, 0.15) is 43.2 Å². The summed E-state index contributed by atoms with van der Waals surface area (Å²) < 4.78 is 5.39. The highest BCUT2D eigenvalue weighted by atomic mass is 16.5. The van der Waals surface area contributed by atoms with E-state index in [2.05, 4.69) is 35.4 Å². The molecule has 0 aromatic heterocycles. The summed E-state index contributed by atoms with van der Waals surface area (Å²) >= 11 is 0. The third-order valence-corrected chi connectivity index (χ3v) is 3.91. The molecule has 96 valence electrons. The van der Waals surface area contributed by atoms with Gasteiger partial charge in [-0.3, -0.25) is 0 Å². The van der Waals surface area contributed by atoms with Gasteiger partial charge in [0, 0.05) is 5.69 Å². The van der Waals surface area contributed by atoms with Crippen molar-refractivity contribution in [3.8, 4) is 0 Å². The van der Waals surface area contributed by atoms with Gasteiger partial charge in [-0.05, 0) is 54.9 Å². The largest absolute Gasteiger partial charge is 0.463 e. The Hall–Kier alpha value is -1.51. The molecule has 1 aromatic rings. The van der Waals surface area contributed by atoms with E-state index >= 15 is 0 Å². The molecule has 0 spiro atoms. The van der Waals surface area contributed by atoms with Gasteiger partial charge in [0.2, 0.25) is 0 Å². The molecular formula is C15H20N2O. The molecule has 3 heteroatoms. The second kappa shape index (κ2) is 5.01. The molecule has 1 aliphatic heterocycles. The summed E-state index contributed by atoms with van der Waals surface area (Å²) in [5, 5.41) is 3.26. The average Bonchev–Trinajstić information content (AvgIpc) is 2.91. The van der Waals surface area contributed by atoms with Gasteiger partial charge >= 0.3 is 0 Å². The van der Waals surface area contributed by atoms with Crippen LogP contribution in [0.5, 0.6) is 0 Å². The minimum absolute atomic E-state index is 0.666. The molecular weight excluding hydrogens is 224 g/mol. The van der Waals surface area contributed by atoms with Gasteiger partial charge in [-0.15, -0.1) is 0 Å². The van der Waals surface area contributed by atoms with Crippen LogP contribution < -0.4 is 5.32 Å². The van der Waals surface area contributed by atoms with Crippen LogP contribution in [0.4, 0.5) is 5.69 Å². The van der Waals surface area contributed by atoms with Crippen LogP contribution in [-0.2, 0) is 11.2 Å². The standard InChI is InChI=1S/C15H20N2O/c1-2-11-4-3-5-12-6-7-13(10-14(11)12)17-15-16-8-9-18-15/h6-7,10-11H,2-5,8-9H2,1H3,(H,16,17). The second-order valence-corrected chi connectivity index (χ2v) is 5.07. The van der Waals surface area contributed by atoms with Crippen LogP contribution in [0.15, 0.2) is 23.2 Å². The minimum Gasteiger partial charge on any atom is -0.463 e. The quantitative estimate of drug-likeness (QED) is 0.866. The first-order valence-corrected chi connectivity index (χ1v) is 6.94. The maximum Gasteiger partial charge on any atom is 0.289 e. The van der Waals surface area contributed by atoms with E-state index in [1.165, 1.54) is 36.8 Å². The summed E-state index contributed by atoms with van der Waals surface area (Å²) in [6, 6.07) is 7.35. The van der Waals surface area contributed by atoms with Crippen molar-refractivity contribution in [2.75, 3.05) is 18.5 Å². The minimum atomic E-state index is 0.666. The fraction of sp³-hybridized carbons (Fsp3) is 0.533. The molecule has 1 N–H and O–H groups in total. The fourth-order valence-corrected chi connectivity index (χ4v) is 2.93. The van der Waals surface area contributed by atoms with Crippen molar-refractivity contribution < 1.29 is 4.74 Å². The van der Waals surface area contributed by atoms with Gasteiger partial charge in [0.15, 0.2) is 0 Å². The molecule has 1 aliphatic carbocycles. The number of aryl methyl sites for hydroxylation is 1. The number of nitrogens with one attached hydrogen (secondary N) is 1. The van der Waals surface area contributed by atoms with E-state index < -0.39 is 0 Å². The first-order chi connectivity index (χ1) is 8.86. The molecule has 0 fully saturated rings. The third-order valence-electron chi connectivity index (χ3n) is 3.91. The Morgan fingerprint density at radius 3 is 3.17 bits per heavy atom. The second-order valence-electron chi connectivity index (χ2n) is 5.07. The van der Waals surface area contributed by atoms with Crippen molar-refractivity contribution in [3.05, 3.63) is 29.3 Å². The van der Waals surface area contributed by atoms with Gasteiger partial charge in [-0.1, -0.05) is 13.0 Å². The Bertz CT molecular complexity index is 468. The lowest BCUT2D eigenvalue weighted by Gasteiger charge is -2.25. The summed E-state index contributed by atoms with van der Waals surface area (Å²) in [5.74, 6) is 0.724. The van der Waals surface area contributed by atoms with Crippen LogP contribution in [0.3, 0.4) is 0 Å². The molecule has 3 nitrogen and oxygen atoms in total. The zero-order chi connectivity index (χ0) is 12.4. The number of fused-ring (bicyclic) bond motifs is 1. The third kappa shape index (κ3) is 2.22. The lowest BCUT2D eigenvalue weighted by molar-refractivity contribution is 0.346. The number of amidine groups is 1. The predicted octanol–water partition coefficient (Wildman–Crippen LogP) is 3.31. The van der Waals surface area contributed by atoms with Gasteiger partial charge in [-0.2, -0.15) is 0 Å². The zero-order valence-corrected chi connectivity index (χ0v) is 10.9. The molecule has 2 aliphatic rings. The van der Waals surface area contributed by atoms with Crippen molar-refractivity contribution >= 4 is 11.7 Å². The molecule has 1 unspecified atom stereocenters. The highest BCUT2D eigenvalue weighted by molar-refractivity contribution is 5.89. The monoisotopic (exact) mass is 244 g/mol. The van der Waals surface area contributed by atoms with Gasteiger partial charge in [0.1, 0.15) is 6.61 Å². The smallest absolute Gasteiger partial charge is 0.289 e. The zero-order valence-electron chi connectivity index (χ0n) is 10.9. The van der Waals surface area contributed by atoms with Crippen molar-refractivity contribution in [1.82, 2.24) is 0 Å². The number of rotatable bonds is 2. The topological polar surface area (TPSA) is 33.6 Å². The molecule has 0 radical (unpaired) electrons. The summed E-state index contributed by atoms with van der Waals surface area (Å²) in [4.78, 5) is 4.27. The Kier molecular flexibility index (Phi) is 3.22. The molecule has 1 heterocycles. The fourth-order valence-electron chi connectivity index (χ4n) is 2.93. The molecule has 0 saturated heterocycles. The van der Waals surface area contributed by atoms with Crippen molar-refractivity contribution in [1.29, 1.82) is 0 Å². The first-order valence-electron chi connectivity index (χ1n) is 6.94. The number of ether oxygens (including phenoxy) is 1. The summed E-state index contributed by atoms with van der Waals surface area (Å²) in [6.07, 6.45) is 5.11. The number of hydrogen-bond donors (Lipinski definition) is 1. The van der Waals surface area contributed by atoms with Crippen LogP contribution in [0.25, 0.3) is 0 Å². The van der Waals surface area contributed by atoms with Gasteiger partial charge in [-0.25, -0.2) is 4.99 Å². The number of benzene rings is 1. The Labute approximate surface area is 108 Å². The van der Waals surface area contributed by atoms with E-state index in [-0.39, 0.29) is 0 Å². The number of nitrogens with zero attached hydrogens (tertiary/aromatic N) is 1. The van der Waals surface area contributed by atoms with Crippen molar-refractivity contribution in [3.63, 3.8) is 0 Å². The maximum absolute atomic E-state index is 5.39. The summed E-state index contributed by atoms with van der Waals surface area (Å²) in [5.41, 5.74) is 4.15. The van der Waals surface area contributed by atoms with E-state index in [1.807, 2.05) is 0 Å². The van der Waals surface area contributed by atoms with E-state index in [1.54, 1.807) is 0 Å². The first kappa shape index (κ1) is 11.6. The average molecular weight is 244 g/mol. The van der Waals surface area contributed by atoms with E-state index in [0.717, 1.165) is 18.2 Å². The Balaban J connectivity index is 1.84. The number of anilines is 1. The molecule has 3 rings (SSSR count). The lowest BCUT2D eigenvalue weighted by Crippen LogP contribution is -2.14. The summed E-state index contributed by atoms with van der Waals surface area (Å²) in [6.45, 7) is 3.75. The normalized spacial score (nSPS) is 22.1. The van der Waals surface area contributed by atoms with Crippen molar-refractivity contribution in [2.24, 2.45) is 4.99 Å². The van der Waals surface area contributed by atoms with Crippen molar-refractivity contribution in [2.45, 2.75) is 38.5 Å². The van der Waals surface area contributed by atoms with E-state index in [9.17, 15) is 0 Å². The number of hydrogen-bond acceptors (Lipinski definition) is 3.